The highest BCUT2D eigenvalue weighted by atomic mass is 16.5. The van der Waals surface area contributed by atoms with Crippen LogP contribution in [-0.4, -0.2) is 23.8 Å². The number of hydrogen-bond donors (Lipinski definition) is 1. The Balaban J connectivity index is 1.74. The van der Waals surface area contributed by atoms with E-state index in [0.29, 0.717) is 11.3 Å². The highest BCUT2D eigenvalue weighted by molar-refractivity contribution is 5.95. The zero-order valence-electron chi connectivity index (χ0n) is 16.0. The van der Waals surface area contributed by atoms with Crippen LogP contribution in [0.3, 0.4) is 0 Å². The largest absolute Gasteiger partial charge is 0.497 e. The molecule has 27 heavy (non-hydrogen) atoms. The minimum atomic E-state index is -0.263. The maximum Gasteiger partial charge on any atom is 0.271 e. The normalized spacial score (nSPS) is 11.0. The van der Waals surface area contributed by atoms with Gasteiger partial charge in [0.05, 0.1) is 13.3 Å². The Bertz CT molecular complexity index is 968. The van der Waals surface area contributed by atoms with Crippen molar-refractivity contribution in [2.24, 2.45) is 5.10 Å². The Morgan fingerprint density at radius 1 is 1.04 bits per heavy atom. The Kier molecular flexibility index (Phi) is 5.41. The van der Waals surface area contributed by atoms with Gasteiger partial charge in [0.25, 0.3) is 5.91 Å². The summed E-state index contributed by atoms with van der Waals surface area (Å²) in [5, 5.41) is 4.11. The number of rotatable bonds is 5. The van der Waals surface area contributed by atoms with Crippen LogP contribution in [0.4, 0.5) is 0 Å². The second-order valence-electron chi connectivity index (χ2n) is 6.43. The van der Waals surface area contributed by atoms with Gasteiger partial charge in [-0.15, -0.1) is 0 Å². The summed E-state index contributed by atoms with van der Waals surface area (Å²) in [5.41, 5.74) is 8.57. The molecule has 5 heteroatoms. The number of ether oxygens (including phenoxy) is 1. The fraction of sp³-hybridized carbons (Fsp3) is 0.182. The maximum absolute atomic E-state index is 12.2. The molecule has 3 rings (SSSR count). The van der Waals surface area contributed by atoms with Gasteiger partial charge in [0.1, 0.15) is 5.75 Å². The van der Waals surface area contributed by atoms with Gasteiger partial charge in [-0.1, -0.05) is 17.7 Å². The smallest absolute Gasteiger partial charge is 0.271 e. The lowest BCUT2D eigenvalue weighted by atomic mass is 10.2. The van der Waals surface area contributed by atoms with E-state index in [1.807, 2.05) is 6.92 Å². The molecule has 1 amide bonds. The lowest BCUT2D eigenvalue weighted by Crippen LogP contribution is -2.17. The Labute approximate surface area is 159 Å². The molecule has 0 atom stereocenters. The van der Waals surface area contributed by atoms with Gasteiger partial charge in [-0.3, -0.25) is 4.79 Å². The summed E-state index contributed by atoms with van der Waals surface area (Å²) in [7, 11) is 1.59. The van der Waals surface area contributed by atoms with Crippen LogP contribution in [0.15, 0.2) is 59.7 Å². The quantitative estimate of drug-likeness (QED) is 0.548. The molecule has 3 aromatic rings. The average Bonchev–Trinajstić information content (AvgIpc) is 2.96. The summed E-state index contributed by atoms with van der Waals surface area (Å²) in [6.45, 7) is 6.17. The summed E-state index contributed by atoms with van der Waals surface area (Å²) in [4.78, 5) is 12.2. The topological polar surface area (TPSA) is 55.6 Å². The van der Waals surface area contributed by atoms with E-state index in [1.54, 1.807) is 37.6 Å². The number of methoxy groups -OCH3 is 1. The van der Waals surface area contributed by atoms with Crippen LogP contribution in [0.1, 0.15) is 32.9 Å². The van der Waals surface area contributed by atoms with Crippen LogP contribution in [0.5, 0.6) is 5.75 Å². The number of amides is 1. The van der Waals surface area contributed by atoms with Gasteiger partial charge in [0.2, 0.25) is 0 Å². The number of carbonyl (C=O) groups is 1. The first-order valence-corrected chi connectivity index (χ1v) is 8.73. The van der Waals surface area contributed by atoms with Gasteiger partial charge in [-0.25, -0.2) is 5.43 Å². The summed E-state index contributed by atoms with van der Waals surface area (Å²) in [6, 6.07) is 17.3. The third-order valence-electron chi connectivity index (χ3n) is 4.48. The molecule has 2 aromatic carbocycles. The number of aromatic nitrogens is 1. The van der Waals surface area contributed by atoms with Crippen LogP contribution in [0.25, 0.3) is 5.69 Å². The van der Waals surface area contributed by atoms with Crippen molar-refractivity contribution in [3.05, 3.63) is 82.7 Å². The molecule has 0 radical (unpaired) electrons. The summed E-state index contributed by atoms with van der Waals surface area (Å²) in [5.74, 6) is 0.444. The molecular weight excluding hydrogens is 338 g/mol. The van der Waals surface area contributed by atoms with Crippen molar-refractivity contribution < 1.29 is 9.53 Å². The molecule has 5 nitrogen and oxygen atoms in total. The van der Waals surface area contributed by atoms with Gasteiger partial charge in [-0.05, 0) is 63.2 Å². The lowest BCUT2D eigenvalue weighted by Gasteiger charge is -2.09. The van der Waals surface area contributed by atoms with Crippen molar-refractivity contribution in [1.29, 1.82) is 0 Å². The second-order valence-corrected chi connectivity index (χ2v) is 6.43. The van der Waals surface area contributed by atoms with Crippen LogP contribution < -0.4 is 10.2 Å². The van der Waals surface area contributed by atoms with Crippen molar-refractivity contribution in [3.63, 3.8) is 0 Å². The van der Waals surface area contributed by atoms with Gasteiger partial charge < -0.3 is 9.30 Å². The van der Waals surface area contributed by atoms with E-state index >= 15 is 0 Å². The SMILES string of the molecule is COc1ccc(C(=O)N/N=C\c2cc(C)n(-c3ccc(C)cc3)c2C)cc1. The first-order valence-electron chi connectivity index (χ1n) is 8.73. The van der Waals surface area contributed by atoms with Crippen molar-refractivity contribution in [3.8, 4) is 11.4 Å². The molecule has 1 aromatic heterocycles. The highest BCUT2D eigenvalue weighted by Gasteiger charge is 2.09. The van der Waals surface area contributed by atoms with Crippen LogP contribution >= 0.6 is 0 Å². The van der Waals surface area contributed by atoms with Crippen LogP contribution in [0.2, 0.25) is 0 Å². The molecular formula is C22H23N3O2. The third-order valence-corrected chi connectivity index (χ3v) is 4.48. The molecule has 1 heterocycles. The van der Waals surface area contributed by atoms with Crippen molar-refractivity contribution in [1.82, 2.24) is 9.99 Å². The van der Waals surface area contributed by atoms with E-state index in [4.69, 9.17) is 4.74 Å². The monoisotopic (exact) mass is 361 g/mol. The predicted molar refractivity (Wildman–Crippen MR) is 108 cm³/mol. The van der Waals surface area contributed by atoms with E-state index < -0.39 is 0 Å². The number of nitrogens with one attached hydrogen (secondary N) is 1. The van der Waals surface area contributed by atoms with Gasteiger partial charge >= 0.3 is 0 Å². The number of benzene rings is 2. The fourth-order valence-electron chi connectivity index (χ4n) is 2.98. The van der Waals surface area contributed by atoms with Gasteiger partial charge in [-0.2, -0.15) is 5.10 Å². The predicted octanol–water partition coefficient (Wildman–Crippen LogP) is 4.18. The summed E-state index contributed by atoms with van der Waals surface area (Å²) >= 11 is 0. The summed E-state index contributed by atoms with van der Waals surface area (Å²) in [6.07, 6.45) is 1.68. The third kappa shape index (κ3) is 4.08. The number of hydrazone groups is 1. The number of hydrogen-bond acceptors (Lipinski definition) is 3. The Hall–Kier alpha value is -3.34. The first-order chi connectivity index (χ1) is 13.0. The number of aryl methyl sites for hydroxylation is 2. The van der Waals surface area contributed by atoms with Crippen LogP contribution in [-0.2, 0) is 0 Å². The van der Waals surface area contributed by atoms with Crippen LogP contribution in [0, 0.1) is 20.8 Å². The van der Waals surface area contributed by atoms with E-state index in [0.717, 1.165) is 22.6 Å². The van der Waals surface area contributed by atoms with E-state index in [-0.39, 0.29) is 5.91 Å². The van der Waals surface area contributed by atoms with Gasteiger partial charge in [0.15, 0.2) is 0 Å². The second kappa shape index (κ2) is 7.91. The maximum atomic E-state index is 12.2. The molecule has 0 aliphatic carbocycles. The molecule has 0 spiro atoms. The molecule has 0 saturated heterocycles. The molecule has 0 aliphatic heterocycles. The van der Waals surface area contributed by atoms with E-state index in [1.165, 1.54) is 5.56 Å². The molecule has 1 N–H and O–H groups in total. The number of carbonyl (C=O) groups excluding carboxylic acids is 1. The van der Waals surface area contributed by atoms with Gasteiger partial charge in [0, 0.05) is 28.2 Å². The molecule has 138 valence electrons. The molecule has 0 unspecified atom stereocenters. The van der Waals surface area contributed by atoms with E-state index in [2.05, 4.69) is 59.3 Å². The zero-order valence-corrected chi connectivity index (χ0v) is 16.0. The molecule has 0 aliphatic rings. The minimum Gasteiger partial charge on any atom is -0.497 e. The Morgan fingerprint density at radius 3 is 2.33 bits per heavy atom. The van der Waals surface area contributed by atoms with Crippen molar-refractivity contribution in [2.45, 2.75) is 20.8 Å². The van der Waals surface area contributed by atoms with Crippen molar-refractivity contribution in [2.75, 3.05) is 7.11 Å². The number of nitrogens with zero attached hydrogens (tertiary/aromatic N) is 2. The molecule has 0 saturated carbocycles. The highest BCUT2D eigenvalue weighted by Crippen LogP contribution is 2.20. The molecule has 0 fully saturated rings. The van der Waals surface area contributed by atoms with E-state index in [9.17, 15) is 4.79 Å². The summed E-state index contributed by atoms with van der Waals surface area (Å²) < 4.78 is 7.27. The minimum absolute atomic E-state index is 0.263. The lowest BCUT2D eigenvalue weighted by molar-refractivity contribution is 0.0955. The Morgan fingerprint density at radius 2 is 1.70 bits per heavy atom. The first kappa shape index (κ1) is 18.5. The standard InChI is InChI=1S/C22H23N3O2/c1-15-5-9-20(10-6-15)25-16(2)13-19(17(25)3)14-23-24-22(26)18-7-11-21(27-4)12-8-18/h5-14H,1-4H3,(H,24,26)/b23-14-. The molecule has 0 bridgehead atoms. The average molecular weight is 361 g/mol. The zero-order chi connectivity index (χ0) is 19.4. The fourth-order valence-corrected chi connectivity index (χ4v) is 2.98. The van der Waals surface area contributed by atoms with Crippen molar-refractivity contribution >= 4 is 12.1 Å².